The molecule has 3 aliphatic heterocycles. The minimum absolute atomic E-state index is 0.334. The lowest BCUT2D eigenvalue weighted by molar-refractivity contribution is 0.0584. The van der Waals surface area contributed by atoms with Crippen molar-refractivity contribution in [3.8, 4) is 0 Å². The van der Waals surface area contributed by atoms with Crippen molar-refractivity contribution in [2.75, 3.05) is 31.7 Å². The maximum Gasteiger partial charge on any atom is 0.139 e. The van der Waals surface area contributed by atoms with Gasteiger partial charge >= 0.3 is 0 Å². The molecular formula is C15H22BrN3O2. The second-order valence-electron chi connectivity index (χ2n) is 6.21. The third-order valence-electron chi connectivity index (χ3n) is 4.93. The second-order valence-corrected chi connectivity index (χ2v) is 7.01. The van der Waals surface area contributed by atoms with Gasteiger partial charge in [0.2, 0.25) is 0 Å². The monoisotopic (exact) mass is 355 g/mol. The molecule has 2 unspecified atom stereocenters. The Hall–Kier alpha value is -0.590. The van der Waals surface area contributed by atoms with Crippen LogP contribution < -0.4 is 5.32 Å². The number of halogens is 1. The molecule has 5 nitrogen and oxygen atoms in total. The number of anilines is 1. The van der Waals surface area contributed by atoms with E-state index in [1.54, 1.807) is 0 Å². The van der Waals surface area contributed by atoms with Gasteiger partial charge in [-0.3, -0.25) is 0 Å². The average Bonchev–Trinajstić information content (AvgIpc) is 3.17. The maximum absolute atomic E-state index is 5.92. The van der Waals surface area contributed by atoms with Crippen LogP contribution in [0, 0.1) is 0 Å². The number of hydrogen-bond acceptors (Lipinski definition) is 4. The average molecular weight is 356 g/mol. The molecule has 6 heteroatoms. The third kappa shape index (κ3) is 2.51. The fourth-order valence-corrected chi connectivity index (χ4v) is 4.50. The van der Waals surface area contributed by atoms with E-state index in [1.165, 1.54) is 12.1 Å². The Bertz CT molecular complexity index is 507. The maximum atomic E-state index is 5.92. The summed E-state index contributed by atoms with van der Waals surface area (Å²) in [4.78, 5) is 0. The number of ether oxygens (including phenoxy) is 2. The van der Waals surface area contributed by atoms with Crippen LogP contribution in [0.5, 0.6) is 0 Å². The number of nitrogens with zero attached hydrogens (tertiary/aromatic N) is 2. The largest absolute Gasteiger partial charge is 0.381 e. The number of rotatable bonds is 2. The van der Waals surface area contributed by atoms with Gasteiger partial charge in [-0.15, -0.1) is 0 Å². The molecule has 0 radical (unpaired) electrons. The Kier molecular flexibility index (Phi) is 3.94. The zero-order valence-electron chi connectivity index (χ0n) is 12.2. The lowest BCUT2D eigenvalue weighted by atomic mass is 9.97. The molecule has 2 atom stereocenters. The Labute approximate surface area is 133 Å². The van der Waals surface area contributed by atoms with Gasteiger partial charge in [0, 0.05) is 32.3 Å². The summed E-state index contributed by atoms with van der Waals surface area (Å²) in [5, 5.41) is 8.48. The van der Waals surface area contributed by atoms with E-state index in [4.69, 9.17) is 14.6 Å². The van der Waals surface area contributed by atoms with Crippen LogP contribution in [-0.4, -0.2) is 42.2 Å². The first-order valence-corrected chi connectivity index (χ1v) is 8.85. The van der Waals surface area contributed by atoms with Crippen molar-refractivity contribution in [1.82, 2.24) is 9.78 Å². The minimum atomic E-state index is 0.334. The van der Waals surface area contributed by atoms with E-state index in [2.05, 4.69) is 25.9 Å². The molecule has 0 saturated carbocycles. The third-order valence-corrected chi connectivity index (χ3v) is 5.71. The van der Waals surface area contributed by atoms with Crippen LogP contribution in [0.1, 0.15) is 49.8 Å². The van der Waals surface area contributed by atoms with E-state index >= 15 is 0 Å². The van der Waals surface area contributed by atoms with Crippen LogP contribution in [0.3, 0.4) is 0 Å². The first-order valence-electron chi connectivity index (χ1n) is 8.05. The molecule has 4 rings (SSSR count). The topological polar surface area (TPSA) is 48.3 Å². The SMILES string of the molecule is Brc1c(C2CCOCC2)nn2c1NCCC2C1CCCO1. The highest BCUT2D eigenvalue weighted by Crippen LogP contribution is 2.41. The fraction of sp³-hybridized carbons (Fsp3) is 0.800. The molecule has 1 aromatic rings. The molecule has 4 heterocycles. The molecular weight excluding hydrogens is 334 g/mol. The zero-order chi connectivity index (χ0) is 14.2. The number of hydrogen-bond donors (Lipinski definition) is 1. The van der Waals surface area contributed by atoms with Gasteiger partial charge in [0.15, 0.2) is 0 Å². The summed E-state index contributed by atoms with van der Waals surface area (Å²) in [6, 6.07) is 0.383. The van der Waals surface area contributed by atoms with Gasteiger partial charge in [-0.05, 0) is 48.0 Å². The lowest BCUT2D eigenvalue weighted by Crippen LogP contribution is -2.32. The molecule has 0 amide bonds. The van der Waals surface area contributed by atoms with Crippen molar-refractivity contribution in [3.05, 3.63) is 10.2 Å². The number of nitrogens with one attached hydrogen (secondary N) is 1. The Balaban J connectivity index is 1.65. The highest BCUT2D eigenvalue weighted by molar-refractivity contribution is 9.10. The summed E-state index contributed by atoms with van der Waals surface area (Å²) in [6.07, 6.45) is 5.91. The van der Waals surface area contributed by atoms with Crippen LogP contribution >= 0.6 is 15.9 Å². The predicted molar refractivity (Wildman–Crippen MR) is 83.8 cm³/mol. The van der Waals surface area contributed by atoms with Crippen molar-refractivity contribution < 1.29 is 9.47 Å². The molecule has 2 saturated heterocycles. The molecule has 0 aliphatic carbocycles. The van der Waals surface area contributed by atoms with Gasteiger partial charge in [0.1, 0.15) is 5.82 Å². The summed E-state index contributed by atoms with van der Waals surface area (Å²) in [7, 11) is 0. The Morgan fingerprint density at radius 3 is 2.76 bits per heavy atom. The molecule has 2 fully saturated rings. The van der Waals surface area contributed by atoms with Crippen molar-refractivity contribution in [2.24, 2.45) is 0 Å². The standard InChI is InChI=1S/C15H22BrN3O2/c16-13-14(10-4-8-20-9-5-10)18-19-11(3-6-17-15(13)19)12-2-1-7-21-12/h10-12,17H,1-9H2. The molecule has 116 valence electrons. The molecule has 0 spiro atoms. The highest BCUT2D eigenvalue weighted by Gasteiger charge is 2.35. The van der Waals surface area contributed by atoms with Gasteiger partial charge in [-0.2, -0.15) is 5.10 Å². The van der Waals surface area contributed by atoms with Gasteiger partial charge in [0.05, 0.1) is 22.3 Å². The van der Waals surface area contributed by atoms with E-state index in [0.29, 0.717) is 18.1 Å². The summed E-state index contributed by atoms with van der Waals surface area (Å²) in [5.41, 5.74) is 1.20. The Morgan fingerprint density at radius 1 is 1.14 bits per heavy atom. The summed E-state index contributed by atoms with van der Waals surface area (Å²) < 4.78 is 14.7. The first-order chi connectivity index (χ1) is 10.3. The van der Waals surface area contributed by atoms with Crippen molar-refractivity contribution >= 4 is 21.7 Å². The molecule has 3 aliphatic rings. The molecule has 1 aromatic heterocycles. The highest BCUT2D eigenvalue weighted by atomic mass is 79.9. The summed E-state index contributed by atoms with van der Waals surface area (Å²) >= 11 is 3.78. The predicted octanol–water partition coefficient (Wildman–Crippen LogP) is 3.08. The van der Waals surface area contributed by atoms with Gasteiger partial charge < -0.3 is 14.8 Å². The summed E-state index contributed by atoms with van der Waals surface area (Å²) in [5.74, 6) is 1.65. The van der Waals surface area contributed by atoms with Crippen LogP contribution in [-0.2, 0) is 9.47 Å². The van der Waals surface area contributed by atoms with E-state index in [-0.39, 0.29) is 0 Å². The van der Waals surface area contributed by atoms with E-state index in [1.807, 2.05) is 0 Å². The summed E-state index contributed by atoms with van der Waals surface area (Å²) in [6.45, 7) is 3.60. The van der Waals surface area contributed by atoms with Gasteiger partial charge in [-0.1, -0.05) is 0 Å². The second kappa shape index (κ2) is 5.89. The molecule has 0 bridgehead atoms. The number of fused-ring (bicyclic) bond motifs is 1. The van der Waals surface area contributed by atoms with E-state index in [0.717, 1.165) is 62.3 Å². The van der Waals surface area contributed by atoms with Crippen molar-refractivity contribution in [1.29, 1.82) is 0 Å². The minimum Gasteiger partial charge on any atom is -0.381 e. The van der Waals surface area contributed by atoms with Crippen molar-refractivity contribution in [2.45, 2.75) is 50.2 Å². The molecule has 1 N–H and O–H groups in total. The zero-order valence-corrected chi connectivity index (χ0v) is 13.8. The van der Waals surface area contributed by atoms with E-state index in [9.17, 15) is 0 Å². The van der Waals surface area contributed by atoms with Crippen LogP contribution in [0.2, 0.25) is 0 Å². The van der Waals surface area contributed by atoms with Gasteiger partial charge in [0.25, 0.3) is 0 Å². The lowest BCUT2D eigenvalue weighted by Gasteiger charge is -2.29. The van der Waals surface area contributed by atoms with Crippen LogP contribution in [0.15, 0.2) is 4.47 Å². The van der Waals surface area contributed by atoms with E-state index < -0.39 is 0 Å². The Morgan fingerprint density at radius 2 is 2.00 bits per heavy atom. The van der Waals surface area contributed by atoms with Gasteiger partial charge in [-0.25, -0.2) is 4.68 Å². The van der Waals surface area contributed by atoms with Crippen LogP contribution in [0.4, 0.5) is 5.82 Å². The van der Waals surface area contributed by atoms with Crippen molar-refractivity contribution in [3.63, 3.8) is 0 Å². The quantitative estimate of drug-likeness (QED) is 0.885. The molecule has 0 aromatic carbocycles. The number of aromatic nitrogens is 2. The molecule has 21 heavy (non-hydrogen) atoms. The first kappa shape index (κ1) is 14.0. The fourth-order valence-electron chi connectivity index (χ4n) is 3.77. The van der Waals surface area contributed by atoms with Crippen LogP contribution in [0.25, 0.3) is 0 Å². The smallest absolute Gasteiger partial charge is 0.139 e. The normalized spacial score (nSPS) is 30.1.